The number of pyridine rings is 1. The van der Waals surface area contributed by atoms with Gasteiger partial charge in [0.15, 0.2) is 5.75 Å². The van der Waals surface area contributed by atoms with Crippen LogP contribution in [0.2, 0.25) is 0 Å². The molecule has 15 heavy (non-hydrogen) atoms. The van der Waals surface area contributed by atoms with Crippen LogP contribution in [0.1, 0.15) is 18.1 Å². The number of nitrogen functional groups attached to an aromatic ring is 1. The normalized spacial score (nSPS) is 9.00. The van der Waals surface area contributed by atoms with Gasteiger partial charge in [-0.1, -0.05) is 12.2 Å². The number of nitrogens with one attached hydrogen (secondary N) is 1. The zero-order chi connectivity index (χ0) is 11.4. The summed E-state index contributed by atoms with van der Waals surface area (Å²) in [5.41, 5.74) is 5.80. The Labute approximate surface area is 91.7 Å². The highest BCUT2D eigenvalue weighted by molar-refractivity contribution is 7.71. The first kappa shape index (κ1) is 11.0. The van der Waals surface area contributed by atoms with E-state index in [1.165, 1.54) is 0 Å². The molecule has 0 fully saturated rings. The van der Waals surface area contributed by atoms with E-state index in [1.54, 1.807) is 6.92 Å². The monoisotopic (exact) mass is 220 g/mol. The van der Waals surface area contributed by atoms with E-state index in [9.17, 15) is 0 Å². The van der Waals surface area contributed by atoms with Crippen LogP contribution in [-0.4, -0.2) is 11.6 Å². The predicted molar refractivity (Wildman–Crippen MR) is 56.6 cm³/mol. The summed E-state index contributed by atoms with van der Waals surface area (Å²) in [6, 6.07) is 3.76. The third-order valence-electron chi connectivity index (χ3n) is 1.71. The minimum absolute atomic E-state index is 0.113. The zero-order valence-corrected chi connectivity index (χ0v) is 8.81. The Bertz CT molecular complexity index is 521. The van der Waals surface area contributed by atoms with Gasteiger partial charge in [-0.05, 0) is 6.92 Å². The fourth-order valence-electron chi connectivity index (χ4n) is 1.10. The van der Waals surface area contributed by atoms with Crippen molar-refractivity contribution >= 4 is 18.0 Å². The first-order valence-electron chi connectivity index (χ1n) is 4.14. The van der Waals surface area contributed by atoms with Crippen LogP contribution in [0.3, 0.4) is 0 Å². The molecule has 0 spiro atoms. The maximum atomic E-state index is 8.87. The first-order chi connectivity index (χ1) is 7.15. The van der Waals surface area contributed by atoms with E-state index in [0.29, 0.717) is 6.61 Å². The maximum absolute atomic E-state index is 8.87. The number of aromatic amines is 1. The van der Waals surface area contributed by atoms with E-state index in [-0.39, 0.29) is 27.3 Å². The molecule has 0 aromatic carbocycles. The van der Waals surface area contributed by atoms with Crippen LogP contribution in [0.25, 0.3) is 0 Å². The maximum Gasteiger partial charge on any atom is 0.161 e. The minimum Gasteiger partial charge on any atom is -0.491 e. The lowest BCUT2D eigenvalue weighted by atomic mass is 10.2. The Balaban J connectivity index is 3.62. The molecule has 1 heterocycles. The molecular formula is C9H8N4OS. The number of aromatic nitrogens is 1. The molecule has 1 aromatic heterocycles. The fourth-order valence-corrected chi connectivity index (χ4v) is 1.35. The summed E-state index contributed by atoms with van der Waals surface area (Å²) in [6.07, 6.45) is 0. The van der Waals surface area contributed by atoms with Crippen LogP contribution in [0.4, 0.5) is 5.82 Å². The van der Waals surface area contributed by atoms with Crippen molar-refractivity contribution < 1.29 is 4.74 Å². The Morgan fingerprint density at radius 3 is 2.47 bits per heavy atom. The fraction of sp³-hybridized carbons (Fsp3) is 0.222. The molecular weight excluding hydrogens is 212 g/mol. The molecule has 0 aliphatic heterocycles. The summed E-state index contributed by atoms with van der Waals surface area (Å²) in [4.78, 5) is 2.58. The molecule has 76 valence electrons. The van der Waals surface area contributed by atoms with E-state index in [1.807, 2.05) is 12.1 Å². The number of nitriles is 2. The van der Waals surface area contributed by atoms with Crippen molar-refractivity contribution in [2.24, 2.45) is 0 Å². The summed E-state index contributed by atoms with van der Waals surface area (Å²) in [7, 11) is 0. The predicted octanol–water partition coefficient (Wildman–Crippen LogP) is 1.47. The molecule has 0 amide bonds. The molecule has 0 aliphatic rings. The van der Waals surface area contributed by atoms with Gasteiger partial charge in [-0.2, -0.15) is 10.5 Å². The highest BCUT2D eigenvalue weighted by atomic mass is 32.1. The van der Waals surface area contributed by atoms with Gasteiger partial charge in [0, 0.05) is 0 Å². The van der Waals surface area contributed by atoms with E-state index >= 15 is 0 Å². The topological polar surface area (TPSA) is 98.6 Å². The van der Waals surface area contributed by atoms with Gasteiger partial charge in [-0.3, -0.25) is 0 Å². The van der Waals surface area contributed by atoms with Crippen molar-refractivity contribution in [3.63, 3.8) is 0 Å². The molecule has 1 rings (SSSR count). The Morgan fingerprint density at radius 2 is 2.00 bits per heavy atom. The van der Waals surface area contributed by atoms with Gasteiger partial charge in [0.25, 0.3) is 0 Å². The van der Waals surface area contributed by atoms with Crippen molar-refractivity contribution in [1.82, 2.24) is 4.98 Å². The minimum atomic E-state index is 0.113. The van der Waals surface area contributed by atoms with Gasteiger partial charge in [0.05, 0.1) is 6.61 Å². The molecule has 0 saturated heterocycles. The lowest BCUT2D eigenvalue weighted by Gasteiger charge is -2.09. The van der Waals surface area contributed by atoms with Gasteiger partial charge in [0.1, 0.15) is 33.7 Å². The summed E-state index contributed by atoms with van der Waals surface area (Å²) >= 11 is 4.90. The second kappa shape index (κ2) is 4.45. The van der Waals surface area contributed by atoms with E-state index in [4.69, 9.17) is 33.2 Å². The number of anilines is 1. The lowest BCUT2D eigenvalue weighted by Crippen LogP contribution is -2.04. The van der Waals surface area contributed by atoms with Crippen LogP contribution in [0.15, 0.2) is 0 Å². The smallest absolute Gasteiger partial charge is 0.161 e. The number of H-pyrrole nitrogens is 1. The van der Waals surface area contributed by atoms with Crippen LogP contribution in [-0.2, 0) is 0 Å². The van der Waals surface area contributed by atoms with E-state index in [2.05, 4.69) is 4.98 Å². The molecule has 3 N–H and O–H groups in total. The van der Waals surface area contributed by atoms with Gasteiger partial charge >= 0.3 is 0 Å². The number of nitrogens with zero attached hydrogens (tertiary/aromatic N) is 2. The Kier molecular flexibility index (Phi) is 3.27. The van der Waals surface area contributed by atoms with Crippen molar-refractivity contribution in [3.05, 3.63) is 15.8 Å². The second-order valence-corrected chi connectivity index (χ2v) is 3.01. The lowest BCUT2D eigenvalue weighted by molar-refractivity contribution is 0.338. The highest BCUT2D eigenvalue weighted by Crippen LogP contribution is 2.27. The average Bonchev–Trinajstić information content (AvgIpc) is 2.18. The SMILES string of the molecule is CCOc1c(C#N)c(N)[nH]c(=S)c1C#N. The van der Waals surface area contributed by atoms with Crippen molar-refractivity contribution in [3.8, 4) is 17.9 Å². The third kappa shape index (κ3) is 1.90. The van der Waals surface area contributed by atoms with Crippen molar-refractivity contribution in [1.29, 1.82) is 10.5 Å². The van der Waals surface area contributed by atoms with Crippen LogP contribution < -0.4 is 10.5 Å². The largest absolute Gasteiger partial charge is 0.491 e. The second-order valence-electron chi connectivity index (χ2n) is 2.60. The zero-order valence-electron chi connectivity index (χ0n) is 8.00. The quantitative estimate of drug-likeness (QED) is 0.735. The molecule has 1 aromatic rings. The van der Waals surface area contributed by atoms with E-state index < -0.39 is 0 Å². The van der Waals surface area contributed by atoms with Crippen molar-refractivity contribution in [2.75, 3.05) is 12.3 Å². The number of hydrogen-bond donors (Lipinski definition) is 2. The molecule has 0 atom stereocenters. The van der Waals surface area contributed by atoms with Gasteiger partial charge in [-0.25, -0.2) is 0 Å². The molecule has 6 heteroatoms. The first-order valence-corrected chi connectivity index (χ1v) is 4.55. The number of ether oxygens (including phenoxy) is 1. The van der Waals surface area contributed by atoms with Crippen molar-refractivity contribution in [2.45, 2.75) is 6.92 Å². The summed E-state index contributed by atoms with van der Waals surface area (Å²) in [5, 5.41) is 17.7. The molecule has 5 nitrogen and oxygen atoms in total. The molecule has 0 radical (unpaired) electrons. The standard InChI is InChI=1S/C9H8N4OS/c1-2-14-7-5(3-10)8(12)13-9(15)6(7)4-11/h2H2,1H3,(H3,12,13,15). The van der Waals surface area contributed by atoms with Crippen LogP contribution in [0, 0.1) is 27.3 Å². The number of hydrogen-bond acceptors (Lipinski definition) is 5. The van der Waals surface area contributed by atoms with E-state index in [0.717, 1.165) is 0 Å². The van der Waals surface area contributed by atoms with Gasteiger partial charge in [-0.15, -0.1) is 0 Å². The van der Waals surface area contributed by atoms with Gasteiger partial charge in [0.2, 0.25) is 0 Å². The molecule has 0 unspecified atom stereocenters. The Morgan fingerprint density at radius 1 is 1.40 bits per heavy atom. The molecule has 0 saturated carbocycles. The summed E-state index contributed by atoms with van der Waals surface area (Å²) < 4.78 is 5.38. The number of nitrogens with two attached hydrogens (primary N) is 1. The summed E-state index contributed by atoms with van der Waals surface area (Å²) in [6.45, 7) is 2.08. The van der Waals surface area contributed by atoms with Crippen LogP contribution >= 0.6 is 12.2 Å². The molecule has 0 bridgehead atoms. The highest BCUT2D eigenvalue weighted by Gasteiger charge is 2.15. The van der Waals surface area contributed by atoms with Gasteiger partial charge < -0.3 is 15.5 Å². The average molecular weight is 220 g/mol. The molecule has 0 aliphatic carbocycles. The number of rotatable bonds is 2. The van der Waals surface area contributed by atoms with Crippen LogP contribution in [0.5, 0.6) is 5.75 Å². The third-order valence-corrected chi connectivity index (χ3v) is 2.02. The Hall–Kier alpha value is -2.05. The summed E-state index contributed by atoms with van der Waals surface area (Å²) in [5.74, 6) is 0.272.